The van der Waals surface area contributed by atoms with E-state index in [1.807, 2.05) is 40.6 Å². The van der Waals surface area contributed by atoms with Gasteiger partial charge in [-0.2, -0.15) is 0 Å². The Morgan fingerprint density at radius 2 is 1.88 bits per heavy atom. The highest BCUT2D eigenvalue weighted by Gasteiger charge is 2.33. The van der Waals surface area contributed by atoms with E-state index in [-0.39, 0.29) is 5.91 Å². The fourth-order valence-electron chi connectivity index (χ4n) is 4.30. The second-order valence-electron chi connectivity index (χ2n) is 9.19. The molecule has 7 heteroatoms. The van der Waals surface area contributed by atoms with Gasteiger partial charge in [-0.3, -0.25) is 4.79 Å². The van der Waals surface area contributed by atoms with E-state index in [0.29, 0.717) is 30.1 Å². The van der Waals surface area contributed by atoms with Crippen LogP contribution >= 0.6 is 22.9 Å². The number of halogens is 1. The molecule has 0 atom stereocenters. The van der Waals surface area contributed by atoms with Crippen molar-refractivity contribution >= 4 is 45.6 Å². The molecule has 0 bridgehead atoms. The molecule has 1 N–H and O–H groups in total. The SMILES string of the molecule is O=C(Cc1cccs1)N(Cc1cc(-c2ccc3ncnc(NC4CC4)c3c2)ccc1Cl)C1CC1. The van der Waals surface area contributed by atoms with Crippen molar-refractivity contribution in [2.24, 2.45) is 0 Å². The van der Waals surface area contributed by atoms with Crippen molar-refractivity contribution in [3.05, 3.63) is 75.7 Å². The van der Waals surface area contributed by atoms with Crippen molar-refractivity contribution in [1.29, 1.82) is 0 Å². The molecule has 2 saturated carbocycles. The van der Waals surface area contributed by atoms with Gasteiger partial charge in [-0.25, -0.2) is 9.97 Å². The summed E-state index contributed by atoms with van der Waals surface area (Å²) in [6.07, 6.45) is 6.58. The van der Waals surface area contributed by atoms with Gasteiger partial charge in [0.1, 0.15) is 12.1 Å². The highest BCUT2D eigenvalue weighted by Crippen LogP contribution is 2.34. The van der Waals surface area contributed by atoms with E-state index in [2.05, 4.69) is 33.5 Å². The number of anilines is 1. The first-order valence-electron chi connectivity index (χ1n) is 11.8. The van der Waals surface area contributed by atoms with Crippen LogP contribution in [0.2, 0.25) is 5.02 Å². The lowest BCUT2D eigenvalue weighted by molar-refractivity contribution is -0.131. The van der Waals surface area contributed by atoms with Gasteiger partial charge in [0, 0.05) is 33.9 Å². The number of hydrogen-bond donors (Lipinski definition) is 1. The molecule has 0 spiro atoms. The number of amides is 1. The Balaban J connectivity index is 1.29. The van der Waals surface area contributed by atoms with Gasteiger partial charge < -0.3 is 10.2 Å². The Kier molecular flexibility index (Phi) is 5.71. The average molecular weight is 489 g/mol. The highest BCUT2D eigenvalue weighted by atomic mass is 35.5. The molecule has 0 unspecified atom stereocenters. The number of fused-ring (bicyclic) bond motifs is 1. The summed E-state index contributed by atoms with van der Waals surface area (Å²) in [6.45, 7) is 0.534. The molecular formula is C27H25ClN4OS. The van der Waals surface area contributed by atoms with Crippen LogP contribution in [0.5, 0.6) is 0 Å². The minimum atomic E-state index is 0.171. The first-order valence-corrected chi connectivity index (χ1v) is 13.0. The lowest BCUT2D eigenvalue weighted by Crippen LogP contribution is -2.33. The Morgan fingerprint density at radius 3 is 2.65 bits per heavy atom. The van der Waals surface area contributed by atoms with E-state index < -0.39 is 0 Å². The maximum absolute atomic E-state index is 13.1. The summed E-state index contributed by atoms with van der Waals surface area (Å²) in [5.41, 5.74) is 4.06. The average Bonchev–Trinajstić information content (AvgIpc) is 3.78. The number of rotatable bonds is 8. The Bertz CT molecular complexity index is 1350. The molecule has 0 saturated heterocycles. The van der Waals surface area contributed by atoms with Gasteiger partial charge in [0.2, 0.25) is 5.91 Å². The van der Waals surface area contributed by atoms with E-state index in [1.165, 1.54) is 12.8 Å². The number of benzene rings is 2. The number of nitrogens with zero attached hydrogens (tertiary/aromatic N) is 3. The third-order valence-corrected chi connectivity index (χ3v) is 7.73. The Hall–Kier alpha value is -2.96. The molecule has 2 fully saturated rings. The maximum Gasteiger partial charge on any atom is 0.228 e. The monoisotopic (exact) mass is 488 g/mol. The van der Waals surface area contributed by atoms with Crippen LogP contribution in [-0.2, 0) is 17.8 Å². The van der Waals surface area contributed by atoms with Crippen LogP contribution in [-0.4, -0.2) is 32.9 Å². The van der Waals surface area contributed by atoms with E-state index in [1.54, 1.807) is 17.7 Å². The van der Waals surface area contributed by atoms with Crippen LogP contribution in [0, 0.1) is 0 Å². The van der Waals surface area contributed by atoms with Crippen LogP contribution in [0.25, 0.3) is 22.0 Å². The second-order valence-corrected chi connectivity index (χ2v) is 10.6. The summed E-state index contributed by atoms with van der Waals surface area (Å²) in [5.74, 6) is 1.06. The highest BCUT2D eigenvalue weighted by molar-refractivity contribution is 7.10. The number of thiophene rings is 1. The van der Waals surface area contributed by atoms with Gasteiger partial charge in [-0.15, -0.1) is 11.3 Å². The number of carbonyl (C=O) groups excluding carboxylic acids is 1. The second kappa shape index (κ2) is 9.01. The lowest BCUT2D eigenvalue weighted by atomic mass is 10.0. The quantitative estimate of drug-likeness (QED) is 0.315. The summed E-state index contributed by atoms with van der Waals surface area (Å²) in [4.78, 5) is 25.1. The minimum absolute atomic E-state index is 0.171. The number of hydrogen-bond acceptors (Lipinski definition) is 5. The van der Waals surface area contributed by atoms with Crippen molar-refractivity contribution < 1.29 is 4.79 Å². The molecule has 2 aliphatic carbocycles. The number of carbonyl (C=O) groups is 1. The molecule has 1 amide bonds. The third kappa shape index (κ3) is 4.65. The van der Waals surface area contributed by atoms with Crippen molar-refractivity contribution in [3.63, 3.8) is 0 Å². The van der Waals surface area contributed by atoms with E-state index in [9.17, 15) is 4.79 Å². The maximum atomic E-state index is 13.1. The van der Waals surface area contributed by atoms with Crippen molar-refractivity contribution in [2.45, 2.75) is 50.7 Å². The van der Waals surface area contributed by atoms with Crippen LogP contribution < -0.4 is 5.32 Å². The largest absolute Gasteiger partial charge is 0.367 e. The predicted octanol–water partition coefficient (Wildman–Crippen LogP) is 6.32. The van der Waals surface area contributed by atoms with Crippen LogP contribution in [0.3, 0.4) is 0 Å². The molecule has 0 aliphatic heterocycles. The van der Waals surface area contributed by atoms with Crippen molar-refractivity contribution in [3.8, 4) is 11.1 Å². The Morgan fingerprint density at radius 1 is 1.06 bits per heavy atom. The van der Waals surface area contributed by atoms with E-state index >= 15 is 0 Å². The fourth-order valence-corrected chi connectivity index (χ4v) is 5.18. The van der Waals surface area contributed by atoms with Crippen molar-refractivity contribution in [1.82, 2.24) is 14.9 Å². The van der Waals surface area contributed by atoms with Gasteiger partial charge in [-0.1, -0.05) is 29.8 Å². The van der Waals surface area contributed by atoms with E-state index in [0.717, 1.165) is 51.1 Å². The molecule has 2 aromatic carbocycles. The Labute approximate surface area is 207 Å². The molecule has 5 nitrogen and oxygen atoms in total. The number of aromatic nitrogens is 2. The normalized spacial score (nSPS) is 15.4. The summed E-state index contributed by atoms with van der Waals surface area (Å²) in [6, 6.07) is 17.2. The first kappa shape index (κ1) is 21.6. The molecule has 0 radical (unpaired) electrons. The first-order chi connectivity index (χ1) is 16.6. The molecule has 172 valence electrons. The zero-order valence-corrected chi connectivity index (χ0v) is 20.3. The van der Waals surface area contributed by atoms with Gasteiger partial charge in [0.15, 0.2) is 0 Å². The van der Waals surface area contributed by atoms with Crippen LogP contribution in [0.4, 0.5) is 5.82 Å². The molecule has 2 aliphatic rings. The van der Waals surface area contributed by atoms with Crippen LogP contribution in [0.15, 0.2) is 60.2 Å². The number of nitrogens with one attached hydrogen (secondary N) is 1. The summed E-state index contributed by atoms with van der Waals surface area (Å²) < 4.78 is 0. The van der Waals surface area contributed by atoms with Gasteiger partial charge in [0.25, 0.3) is 0 Å². The minimum Gasteiger partial charge on any atom is -0.367 e. The zero-order chi connectivity index (χ0) is 23.1. The molecule has 2 heterocycles. The molecule has 2 aromatic heterocycles. The summed E-state index contributed by atoms with van der Waals surface area (Å²) in [7, 11) is 0. The smallest absolute Gasteiger partial charge is 0.228 e. The topological polar surface area (TPSA) is 58.1 Å². The zero-order valence-electron chi connectivity index (χ0n) is 18.7. The van der Waals surface area contributed by atoms with E-state index in [4.69, 9.17) is 11.6 Å². The predicted molar refractivity (Wildman–Crippen MR) is 138 cm³/mol. The lowest BCUT2D eigenvalue weighted by Gasteiger charge is -2.23. The van der Waals surface area contributed by atoms with Crippen molar-refractivity contribution in [2.75, 3.05) is 5.32 Å². The standard InChI is InChI=1S/C27H25ClN4OS/c28-24-9-3-17(18-4-10-25-23(13-18)27(30-16-29-25)31-20-5-6-20)12-19(24)15-32(21-7-8-21)26(33)14-22-2-1-11-34-22/h1-4,9-13,16,20-21H,5-8,14-15H2,(H,29,30,31). The van der Waals surface area contributed by atoms with Gasteiger partial charge in [-0.05, 0) is 78.1 Å². The molecule has 4 aromatic rings. The summed E-state index contributed by atoms with van der Waals surface area (Å²) in [5, 5.41) is 7.25. The fraction of sp³-hybridized carbons (Fsp3) is 0.296. The van der Waals surface area contributed by atoms with Gasteiger partial charge in [0.05, 0.1) is 11.9 Å². The van der Waals surface area contributed by atoms with Gasteiger partial charge >= 0.3 is 0 Å². The third-order valence-electron chi connectivity index (χ3n) is 6.49. The van der Waals surface area contributed by atoms with Crippen LogP contribution in [0.1, 0.15) is 36.1 Å². The molecular weight excluding hydrogens is 464 g/mol. The summed E-state index contributed by atoms with van der Waals surface area (Å²) >= 11 is 8.25. The molecule has 6 rings (SSSR count). The molecule has 34 heavy (non-hydrogen) atoms.